The van der Waals surface area contributed by atoms with E-state index >= 15 is 0 Å². The van der Waals surface area contributed by atoms with Crippen molar-refractivity contribution in [3.63, 3.8) is 0 Å². The third-order valence-corrected chi connectivity index (χ3v) is 7.04. The molecule has 1 aromatic carbocycles. The van der Waals surface area contributed by atoms with Crippen molar-refractivity contribution in [2.75, 3.05) is 64.7 Å². The fraction of sp³-hybridized carbons (Fsp3) is 0.407. The van der Waals surface area contributed by atoms with E-state index in [1.54, 1.807) is 31.3 Å². The van der Waals surface area contributed by atoms with Gasteiger partial charge in [-0.1, -0.05) is 12.1 Å². The number of amides is 1. The molecular weight excluding hydrogens is 498 g/mol. The van der Waals surface area contributed by atoms with Crippen LogP contribution in [-0.4, -0.2) is 101 Å². The van der Waals surface area contributed by atoms with Crippen LogP contribution in [-0.2, 0) is 16.6 Å². The number of carbonyl (C=O) groups is 1. The highest BCUT2D eigenvalue weighted by molar-refractivity contribution is 6.06. The van der Waals surface area contributed by atoms with Gasteiger partial charge in [0.05, 0.1) is 36.8 Å². The second-order valence-electron chi connectivity index (χ2n) is 9.81. The van der Waals surface area contributed by atoms with E-state index in [0.717, 1.165) is 53.9 Å². The first-order chi connectivity index (χ1) is 18.9. The standard InChI is InChI=1S/C27H35N9O3/c1-17-13-29-27(31-21-15-35(3)33-26(21)39-5)32-23(17)19-14-28-24-18(19)7-6-8-20(24)30-25(37)22(16-38-4)36-11-9-34(2)10-12-36/h6-8,13-15,22,28H,9-12,16H2,1-5H3,(H,30,37)(H,29,31,32)/t22-/m0/s1. The van der Waals surface area contributed by atoms with Gasteiger partial charge in [-0.3, -0.25) is 14.4 Å². The monoisotopic (exact) mass is 533 g/mol. The topological polar surface area (TPSA) is 125 Å². The Kier molecular flexibility index (Phi) is 7.77. The van der Waals surface area contributed by atoms with Gasteiger partial charge in [-0.05, 0) is 25.6 Å². The van der Waals surface area contributed by atoms with E-state index in [1.807, 2.05) is 38.4 Å². The maximum Gasteiger partial charge on any atom is 0.256 e. The van der Waals surface area contributed by atoms with Gasteiger partial charge in [-0.25, -0.2) is 9.97 Å². The van der Waals surface area contributed by atoms with E-state index in [9.17, 15) is 4.79 Å². The van der Waals surface area contributed by atoms with Gasteiger partial charge in [0.25, 0.3) is 5.88 Å². The number of aromatic amines is 1. The molecule has 1 atom stereocenters. The zero-order chi connectivity index (χ0) is 27.5. The molecule has 1 amide bonds. The lowest BCUT2D eigenvalue weighted by Gasteiger charge is -2.36. The minimum atomic E-state index is -0.365. The number of aromatic nitrogens is 5. The predicted molar refractivity (Wildman–Crippen MR) is 150 cm³/mol. The zero-order valence-corrected chi connectivity index (χ0v) is 23.0. The second-order valence-corrected chi connectivity index (χ2v) is 9.81. The highest BCUT2D eigenvalue weighted by atomic mass is 16.5. The molecule has 0 unspecified atom stereocenters. The number of ether oxygens (including phenoxy) is 2. The largest absolute Gasteiger partial charge is 0.478 e. The maximum atomic E-state index is 13.4. The van der Waals surface area contributed by atoms with E-state index in [2.05, 4.69) is 42.5 Å². The number of nitrogens with one attached hydrogen (secondary N) is 3. The number of H-pyrrole nitrogens is 1. The minimum Gasteiger partial charge on any atom is -0.478 e. The minimum absolute atomic E-state index is 0.0832. The average Bonchev–Trinajstić information content (AvgIpc) is 3.52. The highest BCUT2D eigenvalue weighted by Gasteiger charge is 2.29. The van der Waals surface area contributed by atoms with Crippen molar-refractivity contribution in [1.82, 2.24) is 34.5 Å². The molecule has 1 aliphatic heterocycles. The Morgan fingerprint density at radius 3 is 2.69 bits per heavy atom. The Morgan fingerprint density at radius 1 is 1.15 bits per heavy atom. The molecule has 0 radical (unpaired) electrons. The van der Waals surface area contributed by atoms with Crippen LogP contribution in [0, 0.1) is 6.92 Å². The van der Waals surface area contributed by atoms with E-state index in [1.165, 1.54) is 0 Å². The summed E-state index contributed by atoms with van der Waals surface area (Å²) in [6.07, 6.45) is 5.50. The molecule has 12 nitrogen and oxygen atoms in total. The number of rotatable bonds is 9. The van der Waals surface area contributed by atoms with Crippen molar-refractivity contribution in [2.45, 2.75) is 13.0 Å². The summed E-state index contributed by atoms with van der Waals surface area (Å²) in [6.45, 7) is 5.79. The number of benzene rings is 1. The average molecular weight is 534 g/mol. The lowest BCUT2D eigenvalue weighted by molar-refractivity contribution is -0.124. The fourth-order valence-electron chi connectivity index (χ4n) is 4.91. The molecule has 0 aliphatic carbocycles. The highest BCUT2D eigenvalue weighted by Crippen LogP contribution is 2.34. The molecule has 1 saturated heterocycles. The number of nitrogens with zero attached hydrogens (tertiary/aromatic N) is 6. The normalized spacial score (nSPS) is 15.4. The van der Waals surface area contributed by atoms with Crippen molar-refractivity contribution in [1.29, 1.82) is 0 Å². The van der Waals surface area contributed by atoms with E-state index in [4.69, 9.17) is 14.5 Å². The quantitative estimate of drug-likeness (QED) is 0.298. The first-order valence-electron chi connectivity index (χ1n) is 12.9. The molecule has 1 fully saturated rings. The van der Waals surface area contributed by atoms with Crippen LogP contribution in [0.1, 0.15) is 5.56 Å². The van der Waals surface area contributed by atoms with Gasteiger partial charge in [0.2, 0.25) is 11.9 Å². The molecule has 4 aromatic rings. The Morgan fingerprint density at radius 2 is 1.95 bits per heavy atom. The van der Waals surface area contributed by atoms with Crippen LogP contribution < -0.4 is 15.4 Å². The fourth-order valence-corrected chi connectivity index (χ4v) is 4.91. The van der Waals surface area contributed by atoms with Gasteiger partial charge in [-0.2, -0.15) is 0 Å². The molecule has 39 heavy (non-hydrogen) atoms. The third kappa shape index (κ3) is 5.58. The lowest BCUT2D eigenvalue weighted by atomic mass is 10.1. The first-order valence-corrected chi connectivity index (χ1v) is 12.9. The molecule has 5 rings (SSSR count). The predicted octanol–water partition coefficient (Wildman–Crippen LogP) is 2.62. The third-order valence-electron chi connectivity index (χ3n) is 7.04. The number of aryl methyl sites for hydroxylation is 2. The zero-order valence-electron chi connectivity index (χ0n) is 23.0. The van der Waals surface area contributed by atoms with Crippen LogP contribution in [0.15, 0.2) is 36.8 Å². The number of hydrogen-bond donors (Lipinski definition) is 3. The number of piperazine rings is 1. The summed E-state index contributed by atoms with van der Waals surface area (Å²) in [5.41, 5.74) is 4.82. The van der Waals surface area contributed by atoms with Gasteiger partial charge < -0.3 is 30.0 Å². The first kappa shape index (κ1) is 26.6. The summed E-state index contributed by atoms with van der Waals surface area (Å²) in [5, 5.41) is 11.6. The molecule has 12 heteroatoms. The molecule has 3 aromatic heterocycles. The molecule has 3 N–H and O–H groups in total. The van der Waals surface area contributed by atoms with E-state index in [-0.39, 0.29) is 11.9 Å². The molecule has 0 spiro atoms. The summed E-state index contributed by atoms with van der Waals surface area (Å²) < 4.78 is 12.4. The lowest BCUT2D eigenvalue weighted by Crippen LogP contribution is -2.54. The summed E-state index contributed by atoms with van der Waals surface area (Å²) in [7, 11) is 7.12. The maximum absolute atomic E-state index is 13.4. The molecule has 0 saturated carbocycles. The number of carbonyl (C=O) groups excluding carboxylic acids is 1. The van der Waals surface area contributed by atoms with Gasteiger partial charge >= 0.3 is 0 Å². The second kappa shape index (κ2) is 11.4. The smallest absolute Gasteiger partial charge is 0.256 e. The summed E-state index contributed by atoms with van der Waals surface area (Å²) in [4.78, 5) is 30.5. The van der Waals surface area contributed by atoms with Crippen molar-refractivity contribution in [3.05, 3.63) is 42.4 Å². The Balaban J connectivity index is 1.42. The van der Waals surface area contributed by atoms with Crippen LogP contribution in [0.25, 0.3) is 22.2 Å². The molecular formula is C27H35N9O3. The summed E-state index contributed by atoms with van der Waals surface area (Å²) >= 11 is 0. The molecule has 0 bridgehead atoms. The van der Waals surface area contributed by atoms with Crippen LogP contribution in [0.2, 0.25) is 0 Å². The van der Waals surface area contributed by atoms with Gasteiger partial charge in [0.15, 0.2) is 0 Å². The Labute approximate surface area is 227 Å². The summed E-state index contributed by atoms with van der Waals surface area (Å²) in [6, 6.07) is 5.49. The number of para-hydroxylation sites is 1. The van der Waals surface area contributed by atoms with Gasteiger partial charge in [-0.15, -0.1) is 5.10 Å². The van der Waals surface area contributed by atoms with E-state index < -0.39 is 0 Å². The van der Waals surface area contributed by atoms with Crippen molar-refractivity contribution < 1.29 is 14.3 Å². The number of hydrogen-bond acceptors (Lipinski definition) is 9. The van der Waals surface area contributed by atoms with Gasteiger partial charge in [0, 0.05) is 63.7 Å². The van der Waals surface area contributed by atoms with Crippen molar-refractivity contribution in [2.24, 2.45) is 7.05 Å². The Hall–Kier alpha value is -4.00. The van der Waals surface area contributed by atoms with Crippen LogP contribution in [0.3, 0.4) is 0 Å². The number of methoxy groups -OCH3 is 2. The van der Waals surface area contributed by atoms with Gasteiger partial charge in [0.1, 0.15) is 11.7 Å². The Bertz CT molecular complexity index is 1460. The van der Waals surface area contributed by atoms with E-state index in [0.29, 0.717) is 29.8 Å². The van der Waals surface area contributed by atoms with Crippen molar-refractivity contribution >= 4 is 34.1 Å². The molecule has 206 valence electrons. The van der Waals surface area contributed by atoms with Crippen LogP contribution >= 0.6 is 0 Å². The number of fused-ring (bicyclic) bond motifs is 1. The number of likely N-dealkylation sites (N-methyl/N-ethyl adjacent to an activating group) is 1. The summed E-state index contributed by atoms with van der Waals surface area (Å²) in [5.74, 6) is 0.800. The molecule has 4 heterocycles. The number of anilines is 3. The van der Waals surface area contributed by atoms with Crippen molar-refractivity contribution in [3.8, 4) is 17.1 Å². The SMILES string of the molecule is COC[C@@H](C(=O)Nc1cccc2c(-c3nc(Nc4cn(C)nc4OC)ncc3C)c[nH]c12)N1CCN(C)CC1. The van der Waals surface area contributed by atoms with Crippen LogP contribution in [0.4, 0.5) is 17.3 Å². The molecule has 1 aliphatic rings. The van der Waals surface area contributed by atoms with Crippen LogP contribution in [0.5, 0.6) is 5.88 Å².